The highest BCUT2D eigenvalue weighted by Gasteiger charge is 2.26. The molecule has 1 heterocycles. The molecule has 1 fully saturated rings. The van der Waals surface area contributed by atoms with Gasteiger partial charge in [0.1, 0.15) is 0 Å². The lowest BCUT2D eigenvalue weighted by molar-refractivity contribution is -0.129. The maximum absolute atomic E-state index is 11.9. The molecule has 0 radical (unpaired) electrons. The third kappa shape index (κ3) is 5.07. The Bertz CT molecular complexity index is 237. The van der Waals surface area contributed by atoms with Crippen LogP contribution in [-0.4, -0.2) is 36.5 Å². The van der Waals surface area contributed by atoms with Gasteiger partial charge in [-0.2, -0.15) is 0 Å². The number of hydrogen-bond donors (Lipinski definition) is 1. The van der Waals surface area contributed by atoms with Gasteiger partial charge >= 0.3 is 0 Å². The molecule has 1 aliphatic heterocycles. The smallest absolute Gasteiger partial charge is 0.225 e. The summed E-state index contributed by atoms with van der Waals surface area (Å²) in [6.07, 6.45) is 4.76. The molecule has 0 aliphatic carbocycles. The Morgan fingerprint density at radius 1 is 1.29 bits per heavy atom. The molecule has 17 heavy (non-hydrogen) atoms. The van der Waals surface area contributed by atoms with E-state index in [0.717, 1.165) is 25.9 Å². The highest BCUT2D eigenvalue weighted by atomic mass is 16.2. The Labute approximate surface area is 106 Å². The maximum atomic E-state index is 11.9. The van der Waals surface area contributed by atoms with Crippen LogP contribution in [0.4, 0.5) is 0 Å². The third-order valence-corrected chi connectivity index (χ3v) is 3.43. The van der Waals surface area contributed by atoms with E-state index in [9.17, 15) is 4.79 Å². The minimum absolute atomic E-state index is 0.185. The number of carbonyl (C=O) groups excluding carboxylic acids is 1. The van der Waals surface area contributed by atoms with Crippen molar-refractivity contribution in [1.82, 2.24) is 10.2 Å². The van der Waals surface area contributed by atoms with Crippen molar-refractivity contribution < 1.29 is 4.79 Å². The van der Waals surface area contributed by atoms with E-state index in [1.165, 1.54) is 19.4 Å². The van der Waals surface area contributed by atoms with Crippen LogP contribution in [0.15, 0.2) is 0 Å². The first-order chi connectivity index (χ1) is 7.93. The summed E-state index contributed by atoms with van der Waals surface area (Å²) >= 11 is 0. The minimum atomic E-state index is -0.265. The van der Waals surface area contributed by atoms with Crippen LogP contribution in [0.25, 0.3) is 0 Å². The van der Waals surface area contributed by atoms with Gasteiger partial charge in [0.25, 0.3) is 0 Å². The first kappa shape index (κ1) is 14.5. The average Bonchev–Trinajstić information content (AvgIpc) is 2.27. The van der Waals surface area contributed by atoms with Crippen molar-refractivity contribution in [3.63, 3.8) is 0 Å². The second kappa shape index (κ2) is 6.39. The Hall–Kier alpha value is -0.570. The molecule has 1 N–H and O–H groups in total. The summed E-state index contributed by atoms with van der Waals surface area (Å²) in [5.74, 6) is 0.185. The summed E-state index contributed by atoms with van der Waals surface area (Å²) in [5, 5.41) is 3.17. The molecule has 3 nitrogen and oxygen atoms in total. The van der Waals surface area contributed by atoms with Gasteiger partial charge in [0.2, 0.25) is 5.91 Å². The van der Waals surface area contributed by atoms with Crippen molar-refractivity contribution in [3.05, 3.63) is 0 Å². The van der Waals surface area contributed by atoms with E-state index < -0.39 is 0 Å². The minimum Gasteiger partial charge on any atom is -0.353 e. The average molecular weight is 240 g/mol. The first-order valence-corrected chi connectivity index (χ1v) is 6.97. The number of nitrogens with one attached hydrogen (secondary N) is 1. The van der Waals surface area contributed by atoms with Crippen molar-refractivity contribution in [2.75, 3.05) is 19.6 Å². The van der Waals surface area contributed by atoms with Gasteiger partial charge in [0, 0.05) is 24.5 Å². The maximum Gasteiger partial charge on any atom is 0.225 e. The summed E-state index contributed by atoms with van der Waals surface area (Å²) in [7, 11) is 0. The summed E-state index contributed by atoms with van der Waals surface area (Å²) < 4.78 is 0. The standard InChI is InChI=1S/C14H28N2O/c1-5-6-9-16-10-7-12(8-11-16)15-13(17)14(2,3)4/h12H,5-11H2,1-4H3,(H,15,17). The van der Waals surface area contributed by atoms with E-state index in [2.05, 4.69) is 17.1 Å². The Morgan fingerprint density at radius 3 is 2.35 bits per heavy atom. The molecular formula is C14H28N2O. The molecule has 0 atom stereocenters. The zero-order chi connectivity index (χ0) is 12.9. The molecule has 100 valence electrons. The van der Waals surface area contributed by atoms with Crippen molar-refractivity contribution in [2.24, 2.45) is 5.41 Å². The normalized spacial score (nSPS) is 19.3. The molecule has 3 heteroatoms. The van der Waals surface area contributed by atoms with E-state index in [1.54, 1.807) is 0 Å². The van der Waals surface area contributed by atoms with Gasteiger partial charge in [-0.05, 0) is 25.8 Å². The molecule has 1 rings (SSSR count). The molecule has 1 saturated heterocycles. The number of amides is 1. The molecule has 0 spiro atoms. The van der Waals surface area contributed by atoms with E-state index in [4.69, 9.17) is 0 Å². The van der Waals surface area contributed by atoms with Crippen LogP contribution in [-0.2, 0) is 4.79 Å². The predicted octanol–water partition coefficient (Wildman–Crippen LogP) is 2.41. The molecule has 0 aromatic rings. The van der Waals surface area contributed by atoms with Crippen LogP contribution in [0.2, 0.25) is 0 Å². The Kier molecular flexibility index (Phi) is 5.44. The fourth-order valence-electron chi connectivity index (χ4n) is 2.08. The Morgan fingerprint density at radius 2 is 1.88 bits per heavy atom. The quantitative estimate of drug-likeness (QED) is 0.818. The number of nitrogens with zero attached hydrogens (tertiary/aromatic N) is 1. The lowest BCUT2D eigenvalue weighted by atomic mass is 9.94. The lowest BCUT2D eigenvalue weighted by Gasteiger charge is -2.33. The zero-order valence-corrected chi connectivity index (χ0v) is 11.9. The second-order valence-electron chi connectivity index (χ2n) is 6.19. The lowest BCUT2D eigenvalue weighted by Crippen LogP contribution is -2.47. The van der Waals surface area contributed by atoms with Gasteiger partial charge in [-0.15, -0.1) is 0 Å². The number of carbonyl (C=O) groups is 1. The second-order valence-corrected chi connectivity index (χ2v) is 6.19. The number of hydrogen-bond acceptors (Lipinski definition) is 2. The third-order valence-electron chi connectivity index (χ3n) is 3.43. The van der Waals surface area contributed by atoms with E-state index >= 15 is 0 Å². The van der Waals surface area contributed by atoms with Gasteiger partial charge in [-0.25, -0.2) is 0 Å². The van der Waals surface area contributed by atoms with Gasteiger partial charge in [-0.3, -0.25) is 4.79 Å². The topological polar surface area (TPSA) is 32.3 Å². The summed E-state index contributed by atoms with van der Waals surface area (Å²) in [4.78, 5) is 14.4. The summed E-state index contributed by atoms with van der Waals surface area (Å²) in [5.41, 5.74) is -0.265. The van der Waals surface area contributed by atoms with Gasteiger partial charge < -0.3 is 10.2 Å². The molecule has 0 bridgehead atoms. The van der Waals surface area contributed by atoms with Crippen LogP contribution < -0.4 is 5.32 Å². The number of rotatable bonds is 4. The van der Waals surface area contributed by atoms with Crippen LogP contribution >= 0.6 is 0 Å². The predicted molar refractivity (Wildman–Crippen MR) is 72.0 cm³/mol. The summed E-state index contributed by atoms with van der Waals surface area (Å²) in [6.45, 7) is 11.6. The van der Waals surface area contributed by atoms with Crippen LogP contribution in [0, 0.1) is 5.41 Å². The van der Waals surface area contributed by atoms with Gasteiger partial charge in [-0.1, -0.05) is 34.1 Å². The largest absolute Gasteiger partial charge is 0.353 e. The first-order valence-electron chi connectivity index (χ1n) is 6.97. The van der Waals surface area contributed by atoms with E-state index in [0.29, 0.717) is 6.04 Å². The van der Waals surface area contributed by atoms with Crippen LogP contribution in [0.5, 0.6) is 0 Å². The van der Waals surface area contributed by atoms with Gasteiger partial charge in [0.05, 0.1) is 0 Å². The molecule has 1 amide bonds. The fraction of sp³-hybridized carbons (Fsp3) is 0.929. The Balaban J connectivity index is 2.25. The molecule has 1 aliphatic rings. The van der Waals surface area contributed by atoms with Crippen molar-refractivity contribution in [1.29, 1.82) is 0 Å². The number of likely N-dealkylation sites (tertiary alicyclic amines) is 1. The van der Waals surface area contributed by atoms with Crippen molar-refractivity contribution in [3.8, 4) is 0 Å². The molecule has 0 aromatic carbocycles. The highest BCUT2D eigenvalue weighted by Crippen LogP contribution is 2.16. The molecule has 0 aromatic heterocycles. The summed E-state index contributed by atoms with van der Waals surface area (Å²) in [6, 6.07) is 0.389. The van der Waals surface area contributed by atoms with E-state index in [-0.39, 0.29) is 11.3 Å². The monoisotopic (exact) mass is 240 g/mol. The molecule has 0 saturated carbocycles. The van der Waals surface area contributed by atoms with Crippen molar-refractivity contribution in [2.45, 2.75) is 59.4 Å². The SMILES string of the molecule is CCCCN1CCC(NC(=O)C(C)(C)C)CC1. The number of unbranched alkanes of at least 4 members (excludes halogenated alkanes) is 1. The van der Waals surface area contributed by atoms with Gasteiger partial charge in [0.15, 0.2) is 0 Å². The van der Waals surface area contributed by atoms with Crippen LogP contribution in [0.3, 0.4) is 0 Å². The van der Waals surface area contributed by atoms with Crippen LogP contribution in [0.1, 0.15) is 53.4 Å². The molecular weight excluding hydrogens is 212 g/mol. The van der Waals surface area contributed by atoms with E-state index in [1.807, 2.05) is 20.8 Å². The number of piperidine rings is 1. The highest BCUT2D eigenvalue weighted by molar-refractivity contribution is 5.81. The van der Waals surface area contributed by atoms with Crippen molar-refractivity contribution >= 4 is 5.91 Å². The molecule has 0 unspecified atom stereocenters. The fourth-order valence-corrected chi connectivity index (χ4v) is 2.08. The zero-order valence-electron chi connectivity index (χ0n) is 11.9.